The molecule has 1 aliphatic rings. The van der Waals surface area contributed by atoms with Crippen LogP contribution in [0.4, 0.5) is 0 Å². The molecule has 1 heterocycles. The highest BCUT2D eigenvalue weighted by Crippen LogP contribution is 2.24. The van der Waals surface area contributed by atoms with Gasteiger partial charge in [-0.1, -0.05) is 6.92 Å². The van der Waals surface area contributed by atoms with E-state index >= 15 is 0 Å². The van der Waals surface area contributed by atoms with E-state index in [4.69, 9.17) is 0 Å². The van der Waals surface area contributed by atoms with E-state index in [9.17, 15) is 13.2 Å². The van der Waals surface area contributed by atoms with Gasteiger partial charge in [0.05, 0.1) is 10.6 Å². The van der Waals surface area contributed by atoms with E-state index in [2.05, 4.69) is 5.32 Å². The van der Waals surface area contributed by atoms with Gasteiger partial charge in [-0.3, -0.25) is 4.79 Å². The van der Waals surface area contributed by atoms with Gasteiger partial charge in [-0.05, 0) is 50.5 Å². The van der Waals surface area contributed by atoms with Crippen molar-refractivity contribution in [1.29, 1.82) is 0 Å². The molecule has 128 valence electrons. The quantitative estimate of drug-likeness (QED) is 0.762. The summed E-state index contributed by atoms with van der Waals surface area (Å²) in [6.07, 6.45) is 2.76. The van der Waals surface area contributed by atoms with Crippen molar-refractivity contribution in [1.82, 2.24) is 9.62 Å². The molecule has 1 amide bonds. The van der Waals surface area contributed by atoms with Gasteiger partial charge in [0.1, 0.15) is 0 Å². The largest absolute Gasteiger partial charge is 0.353 e. The Labute approximate surface area is 142 Å². The Hall–Kier alpha value is -1.05. The number of thioether (sulfide) groups is 1. The molecule has 1 aromatic carbocycles. The van der Waals surface area contributed by atoms with E-state index in [0.717, 1.165) is 24.2 Å². The summed E-state index contributed by atoms with van der Waals surface area (Å²) in [4.78, 5) is 13.0. The first-order chi connectivity index (χ1) is 10.9. The number of nitrogens with one attached hydrogen (secondary N) is 1. The summed E-state index contributed by atoms with van der Waals surface area (Å²) in [6.45, 7) is 5.21. The van der Waals surface area contributed by atoms with Gasteiger partial charge < -0.3 is 5.32 Å². The third-order valence-corrected chi connectivity index (χ3v) is 6.84. The van der Waals surface area contributed by atoms with Crippen LogP contribution in [0.1, 0.15) is 33.1 Å². The fourth-order valence-electron chi connectivity index (χ4n) is 2.35. The molecule has 1 N–H and O–H groups in total. The van der Waals surface area contributed by atoms with Gasteiger partial charge in [-0.25, -0.2) is 8.42 Å². The normalized spacial score (nSPS) is 17.1. The maximum atomic E-state index is 12.4. The van der Waals surface area contributed by atoms with Crippen LogP contribution in [0.3, 0.4) is 0 Å². The van der Waals surface area contributed by atoms with Crippen molar-refractivity contribution in [3.8, 4) is 0 Å². The van der Waals surface area contributed by atoms with E-state index < -0.39 is 10.0 Å². The van der Waals surface area contributed by atoms with Crippen molar-refractivity contribution in [3.63, 3.8) is 0 Å². The average Bonchev–Trinajstić information content (AvgIpc) is 3.08. The van der Waals surface area contributed by atoms with E-state index in [0.29, 0.717) is 23.7 Å². The third kappa shape index (κ3) is 4.96. The van der Waals surface area contributed by atoms with Crippen LogP contribution < -0.4 is 5.32 Å². The van der Waals surface area contributed by atoms with Gasteiger partial charge in [-0.15, -0.1) is 11.8 Å². The lowest BCUT2D eigenvalue weighted by Gasteiger charge is -2.15. The number of benzene rings is 1. The lowest BCUT2D eigenvalue weighted by molar-refractivity contribution is -0.119. The maximum absolute atomic E-state index is 12.4. The minimum absolute atomic E-state index is 0.00175. The van der Waals surface area contributed by atoms with Gasteiger partial charge in [0.2, 0.25) is 15.9 Å². The SMILES string of the molecule is CC[C@@H](C)NC(=O)CSc1ccc(S(=O)(=O)N2CCCC2)cc1. The molecule has 1 saturated heterocycles. The molecule has 0 radical (unpaired) electrons. The summed E-state index contributed by atoms with van der Waals surface area (Å²) >= 11 is 1.41. The van der Waals surface area contributed by atoms with E-state index in [-0.39, 0.29) is 11.9 Å². The van der Waals surface area contributed by atoms with Crippen LogP contribution in [-0.4, -0.2) is 43.5 Å². The Balaban J connectivity index is 1.93. The smallest absolute Gasteiger partial charge is 0.243 e. The van der Waals surface area contributed by atoms with Crippen LogP contribution in [0.5, 0.6) is 0 Å². The molecule has 1 aromatic rings. The second-order valence-corrected chi connectivity index (χ2v) is 8.73. The zero-order valence-electron chi connectivity index (χ0n) is 13.6. The molecule has 0 saturated carbocycles. The lowest BCUT2D eigenvalue weighted by atomic mass is 10.3. The molecule has 0 aromatic heterocycles. The lowest BCUT2D eigenvalue weighted by Crippen LogP contribution is -2.33. The van der Waals surface area contributed by atoms with E-state index in [1.807, 2.05) is 13.8 Å². The van der Waals surface area contributed by atoms with Crippen molar-refractivity contribution in [3.05, 3.63) is 24.3 Å². The summed E-state index contributed by atoms with van der Waals surface area (Å²) in [5, 5.41) is 2.91. The predicted octanol–water partition coefficient (Wildman–Crippen LogP) is 2.48. The number of hydrogen-bond donors (Lipinski definition) is 1. The molecular formula is C16H24N2O3S2. The molecule has 0 bridgehead atoms. The minimum Gasteiger partial charge on any atom is -0.353 e. The molecule has 1 atom stereocenters. The first-order valence-electron chi connectivity index (χ1n) is 7.96. The summed E-state index contributed by atoms with van der Waals surface area (Å²) in [5.74, 6) is 0.334. The zero-order chi connectivity index (χ0) is 16.9. The topological polar surface area (TPSA) is 66.5 Å². The van der Waals surface area contributed by atoms with Crippen molar-refractivity contribution in [2.24, 2.45) is 0 Å². The summed E-state index contributed by atoms with van der Waals surface area (Å²) in [6, 6.07) is 6.97. The molecule has 2 rings (SSSR count). The number of amides is 1. The molecule has 0 aliphatic carbocycles. The van der Waals surface area contributed by atoms with Crippen molar-refractivity contribution < 1.29 is 13.2 Å². The van der Waals surface area contributed by atoms with Crippen LogP contribution >= 0.6 is 11.8 Å². The molecule has 0 spiro atoms. The van der Waals surface area contributed by atoms with Gasteiger partial charge in [0.25, 0.3) is 0 Å². The third-order valence-electron chi connectivity index (χ3n) is 3.92. The number of nitrogens with zero attached hydrogens (tertiary/aromatic N) is 1. The second kappa shape index (κ2) is 8.17. The molecule has 1 fully saturated rings. The van der Waals surface area contributed by atoms with Crippen LogP contribution in [0.25, 0.3) is 0 Å². The van der Waals surface area contributed by atoms with Gasteiger partial charge in [-0.2, -0.15) is 4.31 Å². The van der Waals surface area contributed by atoms with Crippen LogP contribution in [0.15, 0.2) is 34.1 Å². The maximum Gasteiger partial charge on any atom is 0.243 e. The molecule has 5 nitrogen and oxygen atoms in total. The minimum atomic E-state index is -3.36. The van der Waals surface area contributed by atoms with Crippen LogP contribution in [-0.2, 0) is 14.8 Å². The van der Waals surface area contributed by atoms with Crippen LogP contribution in [0, 0.1) is 0 Å². The highest BCUT2D eigenvalue weighted by atomic mass is 32.2. The monoisotopic (exact) mass is 356 g/mol. The predicted molar refractivity (Wildman–Crippen MR) is 93.1 cm³/mol. The standard InChI is InChI=1S/C16H24N2O3S2/c1-3-13(2)17-16(19)12-22-14-6-8-15(9-7-14)23(20,21)18-10-4-5-11-18/h6-9,13H,3-5,10-12H2,1-2H3,(H,17,19)/t13-/m1/s1. The van der Waals surface area contributed by atoms with E-state index in [1.54, 1.807) is 24.3 Å². The second-order valence-electron chi connectivity index (χ2n) is 5.75. The Morgan fingerprint density at radius 2 is 1.87 bits per heavy atom. The molecule has 7 heteroatoms. The first-order valence-corrected chi connectivity index (χ1v) is 10.4. The Morgan fingerprint density at radius 3 is 2.43 bits per heavy atom. The molecule has 0 unspecified atom stereocenters. The highest BCUT2D eigenvalue weighted by Gasteiger charge is 2.26. The van der Waals surface area contributed by atoms with Gasteiger partial charge in [0, 0.05) is 24.0 Å². The van der Waals surface area contributed by atoms with Crippen molar-refractivity contribution >= 4 is 27.7 Å². The number of rotatable bonds is 7. The first kappa shape index (κ1) is 18.3. The van der Waals surface area contributed by atoms with Gasteiger partial charge >= 0.3 is 0 Å². The zero-order valence-corrected chi connectivity index (χ0v) is 15.3. The van der Waals surface area contributed by atoms with Crippen molar-refractivity contribution in [2.45, 2.75) is 48.9 Å². The Kier molecular flexibility index (Phi) is 6.50. The molecule has 1 aliphatic heterocycles. The number of sulfonamides is 1. The number of hydrogen-bond acceptors (Lipinski definition) is 4. The van der Waals surface area contributed by atoms with Crippen LogP contribution in [0.2, 0.25) is 0 Å². The Bertz CT molecular complexity index is 623. The van der Waals surface area contributed by atoms with E-state index in [1.165, 1.54) is 16.1 Å². The summed E-state index contributed by atoms with van der Waals surface area (Å²) < 4.78 is 26.4. The summed E-state index contributed by atoms with van der Waals surface area (Å²) in [7, 11) is -3.36. The highest BCUT2D eigenvalue weighted by molar-refractivity contribution is 8.00. The molecule has 23 heavy (non-hydrogen) atoms. The Morgan fingerprint density at radius 1 is 1.26 bits per heavy atom. The summed E-state index contributed by atoms with van der Waals surface area (Å²) in [5.41, 5.74) is 0. The average molecular weight is 357 g/mol. The van der Waals surface area contributed by atoms with Gasteiger partial charge in [0.15, 0.2) is 0 Å². The fourth-order valence-corrected chi connectivity index (χ4v) is 4.58. The number of carbonyl (C=O) groups is 1. The molecular weight excluding hydrogens is 332 g/mol. The fraction of sp³-hybridized carbons (Fsp3) is 0.562. The van der Waals surface area contributed by atoms with Crippen molar-refractivity contribution in [2.75, 3.05) is 18.8 Å². The number of carbonyl (C=O) groups excluding carboxylic acids is 1.